The molecule has 168 valence electrons. The summed E-state index contributed by atoms with van der Waals surface area (Å²) in [5.74, 6) is 0.183. The van der Waals surface area contributed by atoms with Crippen LogP contribution in [0.4, 0.5) is 10.5 Å². The van der Waals surface area contributed by atoms with Crippen LogP contribution in [0.2, 0.25) is 5.15 Å². The monoisotopic (exact) mass is 454 g/mol. The van der Waals surface area contributed by atoms with E-state index in [2.05, 4.69) is 31.8 Å². The molecule has 3 aromatic rings. The number of rotatable bonds is 2. The van der Waals surface area contributed by atoms with Gasteiger partial charge in [-0.15, -0.1) is 0 Å². The molecule has 3 aromatic heterocycles. The Morgan fingerprint density at radius 1 is 1.28 bits per heavy atom. The second kappa shape index (κ2) is 7.62. The molecule has 0 spiro atoms. The number of pyridine rings is 1. The Kier molecular flexibility index (Phi) is 5.00. The Morgan fingerprint density at radius 3 is 2.81 bits per heavy atom. The SMILES string of the molecule is CC1Cc2ncnc(C3CN(C(=O)OC(C)(C)C)C3)c2CN1c1cc(Cl)nc2[nH]ccc12. The molecule has 2 aliphatic rings. The van der Waals surface area contributed by atoms with Gasteiger partial charge in [0.15, 0.2) is 0 Å². The van der Waals surface area contributed by atoms with Crippen LogP contribution >= 0.6 is 11.6 Å². The highest BCUT2D eigenvalue weighted by Gasteiger charge is 2.38. The third kappa shape index (κ3) is 3.77. The van der Waals surface area contributed by atoms with Crippen molar-refractivity contribution in [3.8, 4) is 0 Å². The largest absolute Gasteiger partial charge is 0.444 e. The van der Waals surface area contributed by atoms with E-state index in [0.29, 0.717) is 24.8 Å². The first-order valence-electron chi connectivity index (χ1n) is 10.9. The van der Waals surface area contributed by atoms with E-state index in [1.165, 1.54) is 0 Å². The lowest BCUT2D eigenvalue weighted by Gasteiger charge is -2.42. The number of H-pyrrole nitrogens is 1. The summed E-state index contributed by atoms with van der Waals surface area (Å²) in [4.78, 5) is 33.2. The molecule has 2 aliphatic heterocycles. The highest BCUT2D eigenvalue weighted by molar-refractivity contribution is 6.30. The number of carbonyl (C=O) groups is 1. The number of likely N-dealkylation sites (tertiary alicyclic amines) is 1. The fourth-order valence-corrected chi connectivity index (χ4v) is 4.75. The van der Waals surface area contributed by atoms with Gasteiger partial charge >= 0.3 is 6.09 Å². The van der Waals surface area contributed by atoms with Crippen molar-refractivity contribution in [2.75, 3.05) is 18.0 Å². The summed E-state index contributed by atoms with van der Waals surface area (Å²) in [6.07, 6.45) is 4.08. The van der Waals surface area contributed by atoms with Gasteiger partial charge in [-0.25, -0.2) is 19.7 Å². The van der Waals surface area contributed by atoms with E-state index in [-0.39, 0.29) is 18.1 Å². The third-order valence-electron chi connectivity index (χ3n) is 6.12. The Labute approximate surface area is 192 Å². The van der Waals surface area contributed by atoms with Gasteiger partial charge in [-0.05, 0) is 39.8 Å². The van der Waals surface area contributed by atoms with Crippen molar-refractivity contribution in [3.63, 3.8) is 0 Å². The number of amides is 1. The minimum absolute atomic E-state index is 0.183. The first kappa shape index (κ1) is 21.0. The molecule has 0 radical (unpaired) electrons. The van der Waals surface area contributed by atoms with Crippen molar-refractivity contribution in [3.05, 3.63) is 46.8 Å². The van der Waals surface area contributed by atoms with E-state index in [1.54, 1.807) is 11.2 Å². The topological polar surface area (TPSA) is 87.2 Å². The average Bonchev–Trinajstić information content (AvgIpc) is 3.12. The second-order valence-electron chi connectivity index (χ2n) is 9.65. The highest BCUT2D eigenvalue weighted by Crippen LogP contribution is 2.37. The lowest BCUT2D eigenvalue weighted by Crippen LogP contribution is -2.51. The molecule has 1 saturated heterocycles. The molecule has 5 heterocycles. The smallest absolute Gasteiger partial charge is 0.410 e. The van der Waals surface area contributed by atoms with Crippen molar-refractivity contribution in [2.45, 2.75) is 58.2 Å². The predicted molar refractivity (Wildman–Crippen MR) is 123 cm³/mol. The Hall–Kier alpha value is -2.87. The number of hydrogen-bond acceptors (Lipinski definition) is 6. The van der Waals surface area contributed by atoms with Gasteiger partial charge < -0.3 is 19.5 Å². The van der Waals surface area contributed by atoms with Gasteiger partial charge in [0, 0.05) is 55.2 Å². The van der Waals surface area contributed by atoms with Crippen molar-refractivity contribution in [1.29, 1.82) is 0 Å². The fraction of sp³-hybridized carbons (Fsp3) is 0.478. The number of fused-ring (bicyclic) bond motifs is 2. The molecule has 1 amide bonds. The van der Waals surface area contributed by atoms with E-state index in [0.717, 1.165) is 40.1 Å². The summed E-state index contributed by atoms with van der Waals surface area (Å²) >= 11 is 6.32. The molecule has 0 aliphatic carbocycles. The Bertz CT molecular complexity index is 1180. The van der Waals surface area contributed by atoms with E-state index in [1.807, 2.05) is 39.1 Å². The number of ether oxygens (including phenoxy) is 1. The highest BCUT2D eigenvalue weighted by atomic mass is 35.5. The standard InChI is InChI=1S/C23H27ClN6O2/c1-13-7-17-16(11-30(13)18-8-19(24)28-21-15(18)5-6-25-21)20(27-12-26-17)14-9-29(10-14)22(31)32-23(2,3)4/h5-6,8,12-14H,7,9-11H2,1-4H3,(H,25,28). The van der Waals surface area contributed by atoms with Crippen molar-refractivity contribution < 1.29 is 9.53 Å². The molecule has 1 fully saturated rings. The van der Waals surface area contributed by atoms with E-state index in [9.17, 15) is 4.79 Å². The zero-order chi connectivity index (χ0) is 22.6. The Balaban J connectivity index is 1.41. The molecule has 8 nitrogen and oxygen atoms in total. The fourth-order valence-electron chi connectivity index (χ4n) is 4.56. The number of anilines is 1. The van der Waals surface area contributed by atoms with Crippen LogP contribution in [-0.4, -0.2) is 55.7 Å². The first-order chi connectivity index (χ1) is 15.2. The van der Waals surface area contributed by atoms with Crippen LogP contribution in [0.3, 0.4) is 0 Å². The number of nitrogens with one attached hydrogen (secondary N) is 1. The van der Waals surface area contributed by atoms with Gasteiger partial charge in [-0.2, -0.15) is 0 Å². The summed E-state index contributed by atoms with van der Waals surface area (Å²) in [5.41, 5.74) is 4.59. The van der Waals surface area contributed by atoms with Crippen LogP contribution in [0.25, 0.3) is 11.0 Å². The number of aromatic amines is 1. The number of halogens is 1. The maximum atomic E-state index is 12.4. The lowest BCUT2D eigenvalue weighted by atomic mass is 9.88. The van der Waals surface area contributed by atoms with Crippen LogP contribution < -0.4 is 4.90 Å². The number of aromatic nitrogens is 4. The molecule has 0 bridgehead atoms. The minimum atomic E-state index is -0.498. The molecule has 32 heavy (non-hydrogen) atoms. The van der Waals surface area contributed by atoms with E-state index in [4.69, 9.17) is 16.3 Å². The van der Waals surface area contributed by atoms with Crippen molar-refractivity contribution in [2.24, 2.45) is 0 Å². The molecule has 0 saturated carbocycles. The molecular weight excluding hydrogens is 428 g/mol. The van der Waals surface area contributed by atoms with Gasteiger partial charge in [-0.3, -0.25) is 0 Å². The van der Waals surface area contributed by atoms with Gasteiger partial charge in [0.05, 0.1) is 17.1 Å². The van der Waals surface area contributed by atoms with Crippen LogP contribution in [0.1, 0.15) is 50.6 Å². The number of carbonyl (C=O) groups excluding carboxylic acids is 1. The van der Waals surface area contributed by atoms with Crippen LogP contribution in [0, 0.1) is 0 Å². The van der Waals surface area contributed by atoms with Gasteiger partial charge in [-0.1, -0.05) is 11.6 Å². The Morgan fingerprint density at radius 2 is 2.06 bits per heavy atom. The van der Waals surface area contributed by atoms with Crippen LogP contribution in [0.15, 0.2) is 24.7 Å². The summed E-state index contributed by atoms with van der Waals surface area (Å²) in [6.45, 7) is 9.75. The molecule has 1 atom stereocenters. The normalized spacial score (nSPS) is 19.1. The van der Waals surface area contributed by atoms with E-state index >= 15 is 0 Å². The van der Waals surface area contributed by atoms with Crippen LogP contribution in [0.5, 0.6) is 0 Å². The van der Waals surface area contributed by atoms with Gasteiger partial charge in [0.2, 0.25) is 0 Å². The molecule has 9 heteroatoms. The summed E-state index contributed by atoms with van der Waals surface area (Å²) in [6, 6.07) is 4.21. The lowest BCUT2D eigenvalue weighted by molar-refractivity contribution is 0.00776. The average molecular weight is 455 g/mol. The van der Waals surface area contributed by atoms with Crippen molar-refractivity contribution in [1.82, 2.24) is 24.8 Å². The second-order valence-corrected chi connectivity index (χ2v) is 10.0. The molecule has 1 unspecified atom stereocenters. The molecule has 0 aromatic carbocycles. The quantitative estimate of drug-likeness (QED) is 0.581. The van der Waals surface area contributed by atoms with Crippen molar-refractivity contribution >= 4 is 34.4 Å². The van der Waals surface area contributed by atoms with E-state index < -0.39 is 5.60 Å². The minimum Gasteiger partial charge on any atom is -0.444 e. The maximum absolute atomic E-state index is 12.4. The number of nitrogens with zero attached hydrogens (tertiary/aromatic N) is 5. The summed E-state index contributed by atoms with van der Waals surface area (Å²) < 4.78 is 5.50. The maximum Gasteiger partial charge on any atom is 0.410 e. The van der Waals surface area contributed by atoms with Crippen LogP contribution in [-0.2, 0) is 17.7 Å². The molecule has 5 rings (SSSR count). The van der Waals surface area contributed by atoms with Gasteiger partial charge in [0.1, 0.15) is 22.7 Å². The zero-order valence-corrected chi connectivity index (χ0v) is 19.5. The summed E-state index contributed by atoms with van der Waals surface area (Å²) in [5, 5.41) is 1.51. The number of hydrogen-bond donors (Lipinski definition) is 1. The molecular formula is C23H27ClN6O2. The third-order valence-corrected chi connectivity index (χ3v) is 6.32. The summed E-state index contributed by atoms with van der Waals surface area (Å²) in [7, 11) is 0. The van der Waals surface area contributed by atoms with Gasteiger partial charge in [0.25, 0.3) is 0 Å². The molecule has 1 N–H and O–H groups in total. The predicted octanol–water partition coefficient (Wildman–Crippen LogP) is 4.29. The first-order valence-corrected chi connectivity index (χ1v) is 11.3. The zero-order valence-electron chi connectivity index (χ0n) is 18.7.